The number of carbonyl (C=O) groups is 1. The summed E-state index contributed by atoms with van der Waals surface area (Å²) >= 11 is 1.48. The highest BCUT2D eigenvalue weighted by Gasteiger charge is 2.19. The molecule has 19 heavy (non-hydrogen) atoms. The molecular formula is C13H17N3O2S. The van der Waals surface area contributed by atoms with Crippen LogP contribution in [-0.2, 0) is 11.2 Å². The zero-order chi connectivity index (χ0) is 13.8. The van der Waals surface area contributed by atoms with E-state index in [0.29, 0.717) is 18.1 Å². The lowest BCUT2D eigenvalue weighted by Gasteiger charge is -2.04. The summed E-state index contributed by atoms with van der Waals surface area (Å²) in [6.45, 7) is 6.35. The molecule has 5 nitrogen and oxygen atoms in total. The van der Waals surface area contributed by atoms with Gasteiger partial charge in [0.05, 0.1) is 12.3 Å². The number of rotatable bonds is 5. The van der Waals surface area contributed by atoms with Crippen molar-refractivity contribution in [3.05, 3.63) is 29.0 Å². The van der Waals surface area contributed by atoms with E-state index < -0.39 is 0 Å². The number of hydrogen-bond donors (Lipinski definition) is 0. The van der Waals surface area contributed by atoms with Gasteiger partial charge in [0, 0.05) is 17.8 Å². The molecule has 0 aliphatic rings. The molecule has 0 radical (unpaired) electrons. The molecule has 0 amide bonds. The third-order valence-electron chi connectivity index (χ3n) is 2.50. The van der Waals surface area contributed by atoms with E-state index in [1.54, 1.807) is 24.0 Å². The summed E-state index contributed by atoms with van der Waals surface area (Å²) in [6.07, 6.45) is 4.16. The molecule has 0 fully saturated rings. The SMILES string of the molecule is CCOC(=O)c1cn(-c2nccs2)nc1CC(C)C. The van der Waals surface area contributed by atoms with E-state index in [1.807, 2.05) is 5.38 Å². The molecule has 0 saturated carbocycles. The van der Waals surface area contributed by atoms with Crippen LogP contribution in [0.2, 0.25) is 0 Å². The maximum absolute atomic E-state index is 11.9. The minimum Gasteiger partial charge on any atom is -0.462 e. The van der Waals surface area contributed by atoms with E-state index in [9.17, 15) is 4.79 Å². The molecule has 2 aromatic rings. The highest BCUT2D eigenvalue weighted by Crippen LogP contribution is 2.18. The first-order valence-corrected chi connectivity index (χ1v) is 7.15. The third kappa shape index (κ3) is 3.20. The van der Waals surface area contributed by atoms with Crippen molar-refractivity contribution in [3.8, 4) is 5.13 Å². The molecule has 102 valence electrons. The highest BCUT2D eigenvalue weighted by atomic mass is 32.1. The van der Waals surface area contributed by atoms with E-state index in [4.69, 9.17) is 4.74 Å². The predicted octanol–water partition coefficient (Wildman–Crippen LogP) is 2.70. The van der Waals surface area contributed by atoms with Crippen molar-refractivity contribution in [3.63, 3.8) is 0 Å². The molecule has 2 heterocycles. The van der Waals surface area contributed by atoms with Gasteiger partial charge in [-0.1, -0.05) is 13.8 Å². The average molecular weight is 279 g/mol. The van der Waals surface area contributed by atoms with Gasteiger partial charge in [-0.2, -0.15) is 5.10 Å². The van der Waals surface area contributed by atoms with Crippen LogP contribution in [0.3, 0.4) is 0 Å². The molecule has 0 saturated heterocycles. The summed E-state index contributed by atoms with van der Waals surface area (Å²) in [7, 11) is 0. The first kappa shape index (κ1) is 13.7. The summed E-state index contributed by atoms with van der Waals surface area (Å²) in [4.78, 5) is 16.1. The van der Waals surface area contributed by atoms with Crippen molar-refractivity contribution in [1.82, 2.24) is 14.8 Å². The second-order valence-corrected chi connectivity index (χ2v) is 5.44. The lowest BCUT2D eigenvalue weighted by atomic mass is 10.1. The summed E-state index contributed by atoms with van der Waals surface area (Å²) in [5.74, 6) is 0.105. The molecule has 0 N–H and O–H groups in total. The van der Waals surface area contributed by atoms with Gasteiger partial charge in [-0.15, -0.1) is 11.3 Å². The normalized spacial score (nSPS) is 10.9. The van der Waals surface area contributed by atoms with Crippen molar-refractivity contribution in [2.24, 2.45) is 5.92 Å². The minimum absolute atomic E-state index is 0.319. The molecule has 2 aromatic heterocycles. The Morgan fingerprint density at radius 2 is 2.32 bits per heavy atom. The quantitative estimate of drug-likeness (QED) is 0.790. The van der Waals surface area contributed by atoms with Crippen LogP contribution in [0.1, 0.15) is 36.8 Å². The Balaban J connectivity index is 2.36. The number of aromatic nitrogens is 3. The van der Waals surface area contributed by atoms with Gasteiger partial charge >= 0.3 is 5.97 Å². The monoisotopic (exact) mass is 279 g/mol. The van der Waals surface area contributed by atoms with Gasteiger partial charge in [0.2, 0.25) is 5.13 Å². The number of carbonyl (C=O) groups excluding carboxylic acids is 1. The topological polar surface area (TPSA) is 57.0 Å². The fraction of sp³-hybridized carbons (Fsp3) is 0.462. The lowest BCUT2D eigenvalue weighted by molar-refractivity contribution is 0.0525. The summed E-state index contributed by atoms with van der Waals surface area (Å²) in [5.41, 5.74) is 1.30. The summed E-state index contributed by atoms with van der Waals surface area (Å²) in [6, 6.07) is 0. The van der Waals surface area contributed by atoms with Crippen LogP contribution in [0.15, 0.2) is 17.8 Å². The average Bonchev–Trinajstić information content (AvgIpc) is 2.96. The van der Waals surface area contributed by atoms with Crippen LogP contribution in [-0.4, -0.2) is 27.3 Å². The van der Waals surface area contributed by atoms with Crippen molar-refractivity contribution in [1.29, 1.82) is 0 Å². The van der Waals surface area contributed by atoms with Crippen LogP contribution in [0.25, 0.3) is 5.13 Å². The van der Waals surface area contributed by atoms with E-state index in [2.05, 4.69) is 23.9 Å². The third-order valence-corrected chi connectivity index (χ3v) is 3.26. The van der Waals surface area contributed by atoms with E-state index >= 15 is 0 Å². The Hall–Kier alpha value is -1.69. The first-order valence-electron chi connectivity index (χ1n) is 6.27. The Labute approximate surface area is 116 Å². The van der Waals surface area contributed by atoms with E-state index in [1.165, 1.54) is 11.3 Å². The van der Waals surface area contributed by atoms with Gasteiger partial charge in [-0.05, 0) is 19.3 Å². The fourth-order valence-electron chi connectivity index (χ4n) is 1.75. The van der Waals surface area contributed by atoms with Gasteiger partial charge in [-0.3, -0.25) is 0 Å². The molecule has 0 atom stereocenters. The first-order chi connectivity index (χ1) is 9.11. The van der Waals surface area contributed by atoms with Gasteiger partial charge < -0.3 is 4.74 Å². The molecule has 0 spiro atoms. The summed E-state index contributed by atoms with van der Waals surface area (Å²) < 4.78 is 6.72. The van der Waals surface area contributed by atoms with Gasteiger partial charge in [0.25, 0.3) is 0 Å². The van der Waals surface area contributed by atoms with Gasteiger partial charge in [0.15, 0.2) is 0 Å². The predicted molar refractivity (Wildman–Crippen MR) is 73.7 cm³/mol. The molecular weight excluding hydrogens is 262 g/mol. The largest absolute Gasteiger partial charge is 0.462 e. The maximum Gasteiger partial charge on any atom is 0.341 e. The molecule has 0 bridgehead atoms. The second-order valence-electron chi connectivity index (χ2n) is 4.57. The standard InChI is InChI=1S/C13H17N3O2S/c1-4-18-12(17)10-8-16(13-14-5-6-19-13)15-11(10)7-9(2)3/h5-6,8-9H,4,7H2,1-3H3. The summed E-state index contributed by atoms with van der Waals surface area (Å²) in [5, 5.41) is 7.09. The van der Waals surface area contributed by atoms with Crippen molar-refractivity contribution in [2.75, 3.05) is 6.61 Å². The fourth-order valence-corrected chi connectivity index (χ4v) is 2.32. The number of nitrogens with zero attached hydrogens (tertiary/aromatic N) is 3. The molecule has 0 unspecified atom stereocenters. The molecule has 0 aromatic carbocycles. The number of esters is 1. The van der Waals surface area contributed by atoms with Crippen molar-refractivity contribution < 1.29 is 9.53 Å². The zero-order valence-electron chi connectivity index (χ0n) is 11.3. The van der Waals surface area contributed by atoms with Crippen molar-refractivity contribution >= 4 is 17.3 Å². The molecule has 0 aliphatic carbocycles. The second kappa shape index (κ2) is 5.97. The smallest absolute Gasteiger partial charge is 0.341 e. The van der Waals surface area contributed by atoms with E-state index in [-0.39, 0.29) is 5.97 Å². The Kier molecular flexibility index (Phi) is 4.31. The van der Waals surface area contributed by atoms with Crippen LogP contribution >= 0.6 is 11.3 Å². The van der Waals surface area contributed by atoms with Crippen LogP contribution in [0.5, 0.6) is 0 Å². The number of ether oxygens (including phenoxy) is 1. The van der Waals surface area contributed by atoms with Crippen LogP contribution < -0.4 is 0 Å². The number of thiazole rings is 1. The van der Waals surface area contributed by atoms with Crippen LogP contribution in [0.4, 0.5) is 0 Å². The van der Waals surface area contributed by atoms with Gasteiger partial charge in [0.1, 0.15) is 5.56 Å². The molecule has 2 rings (SSSR count). The van der Waals surface area contributed by atoms with Gasteiger partial charge in [-0.25, -0.2) is 14.5 Å². The maximum atomic E-state index is 11.9. The molecule has 6 heteroatoms. The minimum atomic E-state index is -0.319. The lowest BCUT2D eigenvalue weighted by Crippen LogP contribution is -2.08. The molecule has 0 aliphatic heterocycles. The Morgan fingerprint density at radius 1 is 1.53 bits per heavy atom. The van der Waals surface area contributed by atoms with Crippen LogP contribution in [0, 0.1) is 5.92 Å². The Morgan fingerprint density at radius 3 is 2.89 bits per heavy atom. The Bertz CT molecular complexity index is 546. The zero-order valence-corrected chi connectivity index (χ0v) is 12.1. The van der Waals surface area contributed by atoms with Crippen molar-refractivity contribution in [2.45, 2.75) is 27.2 Å². The number of hydrogen-bond acceptors (Lipinski definition) is 5. The van der Waals surface area contributed by atoms with E-state index in [0.717, 1.165) is 17.2 Å². The highest BCUT2D eigenvalue weighted by molar-refractivity contribution is 7.12.